The molecule has 2 N–H and O–H groups in total. The summed E-state index contributed by atoms with van der Waals surface area (Å²) in [6.07, 6.45) is 4.81. The van der Waals surface area contributed by atoms with Gasteiger partial charge in [-0.05, 0) is 18.6 Å². The van der Waals surface area contributed by atoms with Crippen LogP contribution in [0.25, 0.3) is 10.8 Å². The largest absolute Gasteiger partial charge is 0.397 e. The molecule has 4 nitrogen and oxygen atoms in total. The van der Waals surface area contributed by atoms with E-state index in [1.54, 1.807) is 13.3 Å². The quantitative estimate of drug-likeness (QED) is 0.857. The maximum absolute atomic E-state index is 6.32. The Morgan fingerprint density at radius 2 is 2.32 bits per heavy atom. The third-order valence-corrected chi connectivity index (χ3v) is 3.87. The van der Waals surface area contributed by atoms with Crippen molar-refractivity contribution in [2.45, 2.75) is 6.42 Å². The number of rotatable bonds is 3. The molecule has 1 fully saturated rings. The van der Waals surface area contributed by atoms with Gasteiger partial charge in [0.2, 0.25) is 0 Å². The topological polar surface area (TPSA) is 51.4 Å². The second-order valence-corrected chi connectivity index (χ2v) is 5.15. The summed E-state index contributed by atoms with van der Waals surface area (Å²) in [7, 11) is 1.76. The van der Waals surface area contributed by atoms with Crippen LogP contribution in [0.15, 0.2) is 30.6 Å². The van der Waals surface area contributed by atoms with Gasteiger partial charge in [-0.1, -0.05) is 6.07 Å². The maximum atomic E-state index is 6.32. The standard InChI is InChI=1S/C15H19N3O/c1-19-10-11-5-7-18(9-11)14-3-2-12-8-17-6-4-13(12)15(14)16/h2-4,6,8,11H,5,7,9-10,16H2,1H3. The van der Waals surface area contributed by atoms with Crippen LogP contribution in [-0.2, 0) is 4.74 Å². The molecule has 0 radical (unpaired) electrons. The predicted octanol–water partition coefficient (Wildman–Crippen LogP) is 2.29. The summed E-state index contributed by atoms with van der Waals surface area (Å²) in [6, 6.07) is 6.18. The van der Waals surface area contributed by atoms with Gasteiger partial charge in [0.25, 0.3) is 0 Å². The van der Waals surface area contributed by atoms with Crippen LogP contribution in [-0.4, -0.2) is 31.8 Å². The lowest BCUT2D eigenvalue weighted by Crippen LogP contribution is -2.22. The molecule has 0 spiro atoms. The van der Waals surface area contributed by atoms with E-state index in [9.17, 15) is 0 Å². The molecule has 1 saturated heterocycles. The molecule has 1 aromatic heterocycles. The lowest BCUT2D eigenvalue weighted by atomic mass is 10.1. The van der Waals surface area contributed by atoms with Gasteiger partial charge < -0.3 is 15.4 Å². The normalized spacial score (nSPS) is 19.2. The Labute approximate surface area is 113 Å². The average Bonchev–Trinajstić information content (AvgIpc) is 2.88. The Bertz CT molecular complexity index is 585. The predicted molar refractivity (Wildman–Crippen MR) is 78.4 cm³/mol. The molecular weight excluding hydrogens is 238 g/mol. The van der Waals surface area contributed by atoms with E-state index in [0.29, 0.717) is 5.92 Å². The van der Waals surface area contributed by atoms with Crippen LogP contribution >= 0.6 is 0 Å². The number of methoxy groups -OCH3 is 1. The molecule has 0 saturated carbocycles. The van der Waals surface area contributed by atoms with Crippen LogP contribution in [0.2, 0.25) is 0 Å². The zero-order chi connectivity index (χ0) is 13.2. The second-order valence-electron chi connectivity index (χ2n) is 5.15. The maximum Gasteiger partial charge on any atom is 0.0632 e. The van der Waals surface area contributed by atoms with Crippen molar-refractivity contribution in [2.75, 3.05) is 37.4 Å². The number of pyridine rings is 1. The highest BCUT2D eigenvalue weighted by Crippen LogP contribution is 2.33. The molecular formula is C15H19N3O. The van der Waals surface area contributed by atoms with Crippen molar-refractivity contribution in [3.8, 4) is 0 Å². The molecule has 100 valence electrons. The summed E-state index contributed by atoms with van der Waals surface area (Å²) in [5, 5.41) is 2.18. The Hall–Kier alpha value is -1.81. The van der Waals surface area contributed by atoms with Gasteiger partial charge in [-0.2, -0.15) is 0 Å². The van der Waals surface area contributed by atoms with Gasteiger partial charge in [-0.25, -0.2) is 0 Å². The number of nitrogen functional groups attached to an aromatic ring is 1. The van der Waals surface area contributed by atoms with E-state index in [1.165, 1.54) is 6.42 Å². The third-order valence-electron chi connectivity index (χ3n) is 3.87. The molecule has 1 aliphatic heterocycles. The first-order chi connectivity index (χ1) is 9.29. The fraction of sp³-hybridized carbons (Fsp3) is 0.400. The van der Waals surface area contributed by atoms with Gasteiger partial charge in [0.1, 0.15) is 0 Å². The van der Waals surface area contributed by atoms with Crippen LogP contribution in [0.3, 0.4) is 0 Å². The van der Waals surface area contributed by atoms with E-state index in [1.807, 2.05) is 12.3 Å². The molecule has 2 heterocycles. The summed E-state index contributed by atoms with van der Waals surface area (Å²) in [5.74, 6) is 0.609. The first kappa shape index (κ1) is 12.2. The molecule has 0 aliphatic carbocycles. The molecule has 4 heteroatoms. The molecule has 19 heavy (non-hydrogen) atoms. The highest BCUT2D eigenvalue weighted by molar-refractivity contribution is 5.98. The second kappa shape index (κ2) is 5.05. The minimum Gasteiger partial charge on any atom is -0.397 e. The van der Waals surface area contributed by atoms with Crippen LogP contribution in [0.5, 0.6) is 0 Å². The van der Waals surface area contributed by atoms with Crippen molar-refractivity contribution in [1.29, 1.82) is 0 Å². The molecule has 1 aromatic carbocycles. The van der Waals surface area contributed by atoms with E-state index >= 15 is 0 Å². The number of aromatic nitrogens is 1. The van der Waals surface area contributed by atoms with Gasteiger partial charge >= 0.3 is 0 Å². The van der Waals surface area contributed by atoms with Crippen molar-refractivity contribution < 1.29 is 4.74 Å². The fourth-order valence-corrected chi connectivity index (χ4v) is 2.88. The van der Waals surface area contributed by atoms with Crippen LogP contribution in [0.4, 0.5) is 11.4 Å². The Kier molecular flexibility index (Phi) is 3.25. The fourth-order valence-electron chi connectivity index (χ4n) is 2.88. The molecule has 0 amide bonds. The number of anilines is 2. The zero-order valence-corrected chi connectivity index (χ0v) is 11.2. The Balaban J connectivity index is 1.91. The number of nitrogens with zero attached hydrogens (tertiary/aromatic N) is 2. The van der Waals surface area contributed by atoms with Gasteiger partial charge in [0, 0.05) is 49.3 Å². The van der Waals surface area contributed by atoms with Crippen molar-refractivity contribution in [3.05, 3.63) is 30.6 Å². The third kappa shape index (κ3) is 2.24. The Morgan fingerprint density at radius 1 is 1.42 bits per heavy atom. The SMILES string of the molecule is COCC1CCN(c2ccc3cnccc3c2N)C1. The minimum atomic E-state index is 0.609. The van der Waals surface area contributed by atoms with Crippen molar-refractivity contribution in [3.63, 3.8) is 0 Å². The monoisotopic (exact) mass is 257 g/mol. The van der Waals surface area contributed by atoms with Gasteiger partial charge in [0.15, 0.2) is 0 Å². The first-order valence-electron chi connectivity index (χ1n) is 6.65. The smallest absolute Gasteiger partial charge is 0.0632 e. The summed E-state index contributed by atoms with van der Waals surface area (Å²) in [6.45, 7) is 2.90. The molecule has 1 aliphatic rings. The lowest BCUT2D eigenvalue weighted by molar-refractivity contribution is 0.161. The van der Waals surface area contributed by atoms with E-state index in [4.69, 9.17) is 10.5 Å². The first-order valence-corrected chi connectivity index (χ1v) is 6.65. The van der Waals surface area contributed by atoms with E-state index < -0.39 is 0 Å². The number of benzene rings is 1. The van der Waals surface area contributed by atoms with Crippen LogP contribution < -0.4 is 10.6 Å². The van der Waals surface area contributed by atoms with E-state index in [0.717, 1.165) is 41.8 Å². The van der Waals surface area contributed by atoms with Crippen molar-refractivity contribution >= 4 is 22.1 Å². The van der Waals surface area contributed by atoms with Gasteiger partial charge in [-0.3, -0.25) is 4.98 Å². The van der Waals surface area contributed by atoms with Gasteiger partial charge in [-0.15, -0.1) is 0 Å². The highest BCUT2D eigenvalue weighted by atomic mass is 16.5. The summed E-state index contributed by atoms with van der Waals surface area (Å²) in [5.41, 5.74) is 8.31. The van der Waals surface area contributed by atoms with E-state index in [2.05, 4.69) is 22.0 Å². The van der Waals surface area contributed by atoms with Crippen molar-refractivity contribution in [1.82, 2.24) is 4.98 Å². The number of ether oxygens (including phenoxy) is 1. The number of fused-ring (bicyclic) bond motifs is 1. The van der Waals surface area contributed by atoms with Crippen molar-refractivity contribution in [2.24, 2.45) is 5.92 Å². The molecule has 3 rings (SSSR count). The van der Waals surface area contributed by atoms with E-state index in [-0.39, 0.29) is 0 Å². The molecule has 0 bridgehead atoms. The average molecular weight is 257 g/mol. The number of hydrogen-bond acceptors (Lipinski definition) is 4. The molecule has 2 aromatic rings. The minimum absolute atomic E-state index is 0.609. The number of nitrogens with two attached hydrogens (primary N) is 1. The van der Waals surface area contributed by atoms with Gasteiger partial charge in [0.05, 0.1) is 18.0 Å². The Morgan fingerprint density at radius 3 is 3.16 bits per heavy atom. The highest BCUT2D eigenvalue weighted by Gasteiger charge is 2.24. The summed E-state index contributed by atoms with van der Waals surface area (Å²) in [4.78, 5) is 6.49. The zero-order valence-electron chi connectivity index (χ0n) is 11.2. The molecule has 1 unspecified atom stereocenters. The molecule has 1 atom stereocenters. The van der Waals surface area contributed by atoms with Crippen LogP contribution in [0, 0.1) is 5.92 Å². The van der Waals surface area contributed by atoms with Crippen LogP contribution in [0.1, 0.15) is 6.42 Å². The number of hydrogen-bond donors (Lipinski definition) is 1. The summed E-state index contributed by atoms with van der Waals surface area (Å²) < 4.78 is 5.24. The lowest BCUT2D eigenvalue weighted by Gasteiger charge is -2.21. The summed E-state index contributed by atoms with van der Waals surface area (Å²) >= 11 is 0.